The first-order valence-corrected chi connectivity index (χ1v) is 6.76. The minimum absolute atomic E-state index is 0.0766. The topological polar surface area (TPSA) is 48.0 Å². The lowest BCUT2D eigenvalue weighted by molar-refractivity contribution is 0.0962. The predicted octanol–water partition coefficient (Wildman–Crippen LogP) is 3.22. The number of ketones is 1. The molecule has 0 fully saturated rings. The molecule has 0 amide bonds. The maximum absolute atomic E-state index is 12.2. The predicted molar refractivity (Wildman–Crippen MR) is 73.7 cm³/mol. The van der Waals surface area contributed by atoms with Crippen LogP contribution in [0.5, 0.6) is 0 Å². The number of carbonyl (C=O) groups is 1. The van der Waals surface area contributed by atoms with E-state index in [2.05, 4.69) is 5.10 Å². The molecule has 4 nitrogen and oxygen atoms in total. The third kappa shape index (κ3) is 2.73. The molecule has 102 valence electrons. The summed E-state index contributed by atoms with van der Waals surface area (Å²) >= 11 is 6.23. The van der Waals surface area contributed by atoms with Crippen molar-refractivity contribution < 1.29 is 9.21 Å². The van der Waals surface area contributed by atoms with E-state index in [4.69, 9.17) is 16.0 Å². The van der Waals surface area contributed by atoms with Crippen LogP contribution in [0.1, 0.15) is 41.6 Å². The third-order valence-electron chi connectivity index (χ3n) is 3.12. The van der Waals surface area contributed by atoms with Crippen molar-refractivity contribution in [1.29, 1.82) is 0 Å². The summed E-state index contributed by atoms with van der Waals surface area (Å²) in [5.41, 5.74) is 1.55. The van der Waals surface area contributed by atoms with E-state index in [0.717, 1.165) is 30.0 Å². The molecule has 0 bridgehead atoms. The molecule has 0 N–H and O–H groups in total. The molecule has 0 saturated carbocycles. The van der Waals surface area contributed by atoms with Gasteiger partial charge >= 0.3 is 0 Å². The maximum atomic E-state index is 12.2. The Hall–Kier alpha value is -1.55. The van der Waals surface area contributed by atoms with Crippen LogP contribution in [-0.2, 0) is 26.3 Å². The second-order valence-electron chi connectivity index (χ2n) is 4.40. The van der Waals surface area contributed by atoms with Crippen LogP contribution in [0.4, 0.5) is 0 Å². The number of aryl methyl sites for hydroxylation is 3. The molecule has 0 atom stereocenters. The summed E-state index contributed by atoms with van der Waals surface area (Å²) in [5.74, 6) is 1.12. The van der Waals surface area contributed by atoms with E-state index in [9.17, 15) is 4.79 Å². The quantitative estimate of drug-likeness (QED) is 0.790. The zero-order valence-electron chi connectivity index (χ0n) is 11.4. The smallest absolute Gasteiger partial charge is 0.203 e. The molecule has 0 spiro atoms. The minimum Gasteiger partial charge on any atom is -0.458 e. The highest BCUT2D eigenvalue weighted by molar-refractivity contribution is 6.32. The number of Topliss-reactive ketones (excluding diaryl/α,β-unsaturated/α-hetero) is 1. The van der Waals surface area contributed by atoms with Crippen LogP contribution in [0, 0.1) is 0 Å². The lowest BCUT2D eigenvalue weighted by atomic mass is 10.1. The Bertz CT molecular complexity index is 599. The van der Waals surface area contributed by atoms with Crippen molar-refractivity contribution >= 4 is 17.4 Å². The molecule has 0 aliphatic heterocycles. The van der Waals surface area contributed by atoms with Gasteiger partial charge in [0.1, 0.15) is 5.76 Å². The second kappa shape index (κ2) is 5.61. The fraction of sp³-hybridized carbons (Fsp3) is 0.429. The van der Waals surface area contributed by atoms with E-state index in [1.54, 1.807) is 17.8 Å². The zero-order chi connectivity index (χ0) is 14.0. The number of rotatable bonds is 5. The van der Waals surface area contributed by atoms with Crippen LogP contribution < -0.4 is 0 Å². The van der Waals surface area contributed by atoms with Gasteiger partial charge in [-0.25, -0.2) is 0 Å². The normalized spacial score (nSPS) is 10.9. The van der Waals surface area contributed by atoms with Crippen LogP contribution in [0.15, 0.2) is 16.5 Å². The van der Waals surface area contributed by atoms with Crippen LogP contribution in [-0.4, -0.2) is 15.6 Å². The Kier molecular flexibility index (Phi) is 4.10. The number of carbonyl (C=O) groups excluding carboxylic acids is 1. The van der Waals surface area contributed by atoms with Crippen molar-refractivity contribution in [3.8, 4) is 0 Å². The largest absolute Gasteiger partial charge is 0.458 e. The molecule has 2 heterocycles. The Morgan fingerprint density at radius 3 is 2.63 bits per heavy atom. The van der Waals surface area contributed by atoms with Gasteiger partial charge in [0.2, 0.25) is 5.78 Å². The van der Waals surface area contributed by atoms with E-state index < -0.39 is 0 Å². The van der Waals surface area contributed by atoms with Crippen molar-refractivity contribution in [3.63, 3.8) is 0 Å². The first kappa shape index (κ1) is 13.9. The van der Waals surface area contributed by atoms with Gasteiger partial charge in [-0.2, -0.15) is 5.10 Å². The fourth-order valence-electron chi connectivity index (χ4n) is 1.97. The number of nitrogens with zero attached hydrogens (tertiary/aromatic N) is 2. The lowest BCUT2D eigenvalue weighted by Gasteiger charge is -2.00. The number of halogens is 1. The third-order valence-corrected chi connectivity index (χ3v) is 3.55. The van der Waals surface area contributed by atoms with E-state index >= 15 is 0 Å². The van der Waals surface area contributed by atoms with Gasteiger partial charge in [0.05, 0.1) is 22.8 Å². The standard InChI is InChI=1S/C14H17ClN2O2/c1-4-9-6-7-13(19-9)12(18)8-11-14(15)10(5-2)16-17(11)3/h6-7H,4-5,8H2,1-3H3. The first-order chi connectivity index (χ1) is 9.06. The molecule has 2 aromatic rings. The molecule has 5 heteroatoms. The van der Waals surface area contributed by atoms with Gasteiger partial charge in [0.25, 0.3) is 0 Å². The van der Waals surface area contributed by atoms with Gasteiger partial charge in [-0.15, -0.1) is 0 Å². The van der Waals surface area contributed by atoms with Gasteiger partial charge in [-0.1, -0.05) is 25.4 Å². The average Bonchev–Trinajstić information content (AvgIpc) is 2.98. The number of aromatic nitrogens is 2. The second-order valence-corrected chi connectivity index (χ2v) is 4.78. The van der Waals surface area contributed by atoms with Crippen LogP contribution in [0.25, 0.3) is 0 Å². The van der Waals surface area contributed by atoms with Crippen molar-refractivity contribution in [2.75, 3.05) is 0 Å². The van der Waals surface area contributed by atoms with E-state index in [0.29, 0.717) is 10.8 Å². The summed E-state index contributed by atoms with van der Waals surface area (Å²) in [5, 5.41) is 4.88. The molecule has 2 rings (SSSR count). The highest BCUT2D eigenvalue weighted by Crippen LogP contribution is 2.22. The summed E-state index contributed by atoms with van der Waals surface area (Å²) in [7, 11) is 1.80. The van der Waals surface area contributed by atoms with Crippen molar-refractivity contribution in [3.05, 3.63) is 40.1 Å². The average molecular weight is 281 g/mol. The summed E-state index contributed by atoms with van der Waals surface area (Å²) in [6.07, 6.45) is 1.74. The molecule has 0 saturated heterocycles. The van der Waals surface area contributed by atoms with Crippen LogP contribution in [0.2, 0.25) is 5.02 Å². The van der Waals surface area contributed by atoms with Crippen molar-refractivity contribution in [2.45, 2.75) is 33.1 Å². The SMILES string of the molecule is CCc1ccc(C(=O)Cc2c(Cl)c(CC)nn2C)o1. The Morgan fingerprint density at radius 2 is 2.11 bits per heavy atom. The number of furan rings is 1. The van der Waals surface area contributed by atoms with Gasteiger partial charge in [0, 0.05) is 13.5 Å². The highest BCUT2D eigenvalue weighted by Gasteiger charge is 2.19. The Labute approximate surface area is 117 Å². The zero-order valence-corrected chi connectivity index (χ0v) is 12.1. The van der Waals surface area contributed by atoms with Crippen molar-refractivity contribution in [2.24, 2.45) is 7.05 Å². The number of hydrogen-bond donors (Lipinski definition) is 0. The molecular formula is C14H17ClN2O2. The van der Waals surface area contributed by atoms with Crippen molar-refractivity contribution in [1.82, 2.24) is 9.78 Å². The molecule has 2 aromatic heterocycles. The molecular weight excluding hydrogens is 264 g/mol. The molecule has 19 heavy (non-hydrogen) atoms. The summed E-state index contributed by atoms with van der Waals surface area (Å²) < 4.78 is 7.13. The summed E-state index contributed by atoms with van der Waals surface area (Å²) in [4.78, 5) is 12.2. The molecule has 0 aromatic carbocycles. The van der Waals surface area contributed by atoms with E-state index in [1.165, 1.54) is 0 Å². The summed E-state index contributed by atoms with van der Waals surface area (Å²) in [6, 6.07) is 3.54. The highest BCUT2D eigenvalue weighted by atomic mass is 35.5. The summed E-state index contributed by atoms with van der Waals surface area (Å²) in [6.45, 7) is 3.97. The Balaban J connectivity index is 2.21. The van der Waals surface area contributed by atoms with Crippen LogP contribution in [0.3, 0.4) is 0 Å². The van der Waals surface area contributed by atoms with E-state index in [-0.39, 0.29) is 12.2 Å². The minimum atomic E-state index is -0.0766. The molecule has 0 unspecified atom stereocenters. The molecule has 0 aliphatic carbocycles. The van der Waals surface area contributed by atoms with Crippen LogP contribution >= 0.6 is 11.6 Å². The maximum Gasteiger partial charge on any atom is 0.203 e. The van der Waals surface area contributed by atoms with Gasteiger partial charge < -0.3 is 4.42 Å². The number of hydrogen-bond acceptors (Lipinski definition) is 3. The van der Waals surface area contributed by atoms with Gasteiger partial charge in [0.15, 0.2) is 5.76 Å². The van der Waals surface area contributed by atoms with E-state index in [1.807, 2.05) is 19.9 Å². The fourth-order valence-corrected chi connectivity index (χ4v) is 2.33. The monoisotopic (exact) mass is 280 g/mol. The molecule has 0 radical (unpaired) electrons. The Morgan fingerprint density at radius 1 is 1.37 bits per heavy atom. The van der Waals surface area contributed by atoms with Gasteiger partial charge in [-0.05, 0) is 18.6 Å². The first-order valence-electron chi connectivity index (χ1n) is 6.38. The lowest BCUT2D eigenvalue weighted by Crippen LogP contribution is -2.07. The molecule has 0 aliphatic rings. The van der Waals surface area contributed by atoms with Gasteiger partial charge in [-0.3, -0.25) is 9.48 Å².